The number of benzene rings is 5. The second-order valence-corrected chi connectivity index (χ2v) is 28.8. The largest absolute Gasteiger partial charge is 0.493 e. The van der Waals surface area contributed by atoms with Crippen molar-refractivity contribution in [2.75, 3.05) is 54.6 Å². The number of carbonyl (C=O) groups is 7. The molecule has 17 nitrogen and oxygen atoms in total. The Morgan fingerprint density at radius 1 is 0.470 bits per heavy atom. The van der Waals surface area contributed by atoms with E-state index in [1.807, 2.05) is 117 Å². The lowest BCUT2D eigenvalue weighted by atomic mass is 9.79. The molecular formula is C83H97N5O12. The van der Waals surface area contributed by atoms with Gasteiger partial charge in [0.25, 0.3) is 5.91 Å². The van der Waals surface area contributed by atoms with Gasteiger partial charge < -0.3 is 38.9 Å². The van der Waals surface area contributed by atoms with Crippen molar-refractivity contribution in [2.24, 2.45) is 23.7 Å². The van der Waals surface area contributed by atoms with E-state index in [1.165, 1.54) is 37.6 Å². The summed E-state index contributed by atoms with van der Waals surface area (Å²) in [6.07, 6.45) is 18.9. The van der Waals surface area contributed by atoms with Crippen LogP contribution in [0.3, 0.4) is 0 Å². The first-order valence-corrected chi connectivity index (χ1v) is 34.0. The molecule has 4 spiro atoms. The second-order valence-electron chi connectivity index (χ2n) is 28.8. The molecule has 8 unspecified atom stereocenters. The van der Waals surface area contributed by atoms with Gasteiger partial charge in [-0.3, -0.25) is 33.8 Å². The van der Waals surface area contributed by atoms with E-state index in [-0.39, 0.29) is 92.6 Å². The smallest absolute Gasteiger partial charge is 0.414 e. The molecule has 17 heteroatoms. The van der Waals surface area contributed by atoms with Crippen molar-refractivity contribution in [3.8, 4) is 17.2 Å². The summed E-state index contributed by atoms with van der Waals surface area (Å²) >= 11 is 0. The van der Waals surface area contributed by atoms with E-state index in [0.29, 0.717) is 65.8 Å². The van der Waals surface area contributed by atoms with Crippen LogP contribution in [0, 0.1) is 23.7 Å². The van der Waals surface area contributed by atoms with Crippen LogP contribution in [0.25, 0.3) is 10.9 Å². The molecule has 8 atom stereocenters. The molecule has 12 aliphatic rings. The fourth-order valence-corrected chi connectivity index (χ4v) is 18.1. The van der Waals surface area contributed by atoms with Gasteiger partial charge in [-0.1, -0.05) is 127 Å². The van der Waals surface area contributed by atoms with Crippen molar-refractivity contribution in [1.29, 1.82) is 0 Å². The highest BCUT2D eigenvalue weighted by atomic mass is 16.6. The Balaban J connectivity index is 0.000000137. The number of aromatic nitrogens is 1. The Bertz CT molecular complexity index is 4450. The highest BCUT2D eigenvalue weighted by molar-refractivity contribution is 6.12. The van der Waals surface area contributed by atoms with Gasteiger partial charge in [-0.05, 0) is 156 Å². The summed E-state index contributed by atoms with van der Waals surface area (Å²) in [5, 5.41) is 4.26. The maximum absolute atomic E-state index is 13.9. The Morgan fingerprint density at radius 2 is 0.860 bits per heavy atom. The SMILES string of the molecule is C.C.C.C.CC(C)(C)OC(=O)N1CCCC2CC23C1=CC(=O)c1ccccc13.COC(=O)N1CCCC2CC23C1=CC(=O)c1ccccc13.COc1cc2cc(C(=O)N3CCCC4CC45C3=CC(=O)c3ccccc35)[nH]c2c(OC)c1OC.O=C1C=C2NCCCC3CC23c2ccccc21. The normalized spacial score (nSPS) is 26.4. The van der Waals surface area contributed by atoms with Gasteiger partial charge in [0.2, 0.25) is 5.75 Å². The lowest BCUT2D eigenvalue weighted by Crippen LogP contribution is -2.41. The highest BCUT2D eigenvalue weighted by Crippen LogP contribution is 2.68. The van der Waals surface area contributed by atoms with Crippen LogP contribution in [-0.2, 0) is 31.1 Å². The number of nitrogens with zero attached hydrogens (tertiary/aromatic N) is 3. The van der Waals surface area contributed by atoms with Crippen LogP contribution in [0.15, 0.2) is 156 Å². The molecule has 3 amide bonds. The number of ether oxygens (including phenoxy) is 5. The summed E-state index contributed by atoms with van der Waals surface area (Å²) in [6, 6.07) is 35.3. The van der Waals surface area contributed by atoms with Crippen molar-refractivity contribution < 1.29 is 57.2 Å². The van der Waals surface area contributed by atoms with Crippen LogP contribution in [-0.4, -0.2) is 121 Å². The molecule has 100 heavy (non-hydrogen) atoms. The Morgan fingerprint density at radius 3 is 1.30 bits per heavy atom. The summed E-state index contributed by atoms with van der Waals surface area (Å²) in [6.45, 7) is 8.45. The zero-order valence-electron chi connectivity index (χ0n) is 55.6. The lowest BCUT2D eigenvalue weighted by molar-refractivity contribution is 0.0301. The summed E-state index contributed by atoms with van der Waals surface area (Å²) in [4.78, 5) is 97.3. The van der Waals surface area contributed by atoms with Crippen molar-refractivity contribution in [2.45, 2.75) is 155 Å². The van der Waals surface area contributed by atoms with Crippen LogP contribution >= 0.6 is 0 Å². The van der Waals surface area contributed by atoms with E-state index in [1.54, 1.807) is 49.4 Å². The number of likely N-dealkylation sites (tertiary alicyclic amines) is 3. The standard InChI is InChI=1S/C27H26N2O5.C20H23NO3.C17H17NO3.C15H15NO.4CH4/c1-32-21-12-15-11-19(28-23(15)25(34-3)24(21)33-2)26(31)29-10-6-7-16-14-27(16)18-9-5-4-8-17(18)20(30)13-22(27)29;1-19(2,3)24-18(23)21-10-6-7-13-12-20(13)15-9-5-4-8-14(15)16(22)11-17(20)21;1-21-16(20)18-8-4-5-11-10-17(11)13-7-3-2-6-12(13)14(19)9-15(17)18;17-13-8-14-15(9-10(15)4-3-7-16-14)12-6-2-1-5-11(12)13;;;;/h4-5,8-9,11-13,16,28H,6-7,10,14H2,1-3H3;4-5,8-9,11,13H,6-7,10,12H2,1-3H3;2-3,6-7,9,11H,4-5,8,10H2,1H3;1-2,5-6,8,10,16H,3-4,7,9H2;4*1H4. The van der Waals surface area contributed by atoms with Gasteiger partial charge in [0.1, 0.15) is 11.3 Å². The minimum Gasteiger partial charge on any atom is -0.493 e. The quantitative estimate of drug-likeness (QED) is 0.169. The van der Waals surface area contributed by atoms with Crippen molar-refractivity contribution in [3.63, 3.8) is 0 Å². The van der Waals surface area contributed by atoms with Gasteiger partial charge in [-0.15, -0.1) is 0 Å². The highest BCUT2D eigenvalue weighted by Gasteiger charge is 2.66. The van der Waals surface area contributed by atoms with Crippen molar-refractivity contribution in [1.82, 2.24) is 25.0 Å². The molecule has 5 heterocycles. The van der Waals surface area contributed by atoms with Crippen molar-refractivity contribution >= 4 is 52.1 Å². The van der Waals surface area contributed by atoms with E-state index >= 15 is 0 Å². The number of hydrogen-bond acceptors (Lipinski definition) is 13. The predicted octanol–water partition coefficient (Wildman–Crippen LogP) is 16.4. The fraction of sp³-hybridized carbons (Fsp3) is 0.434. The maximum Gasteiger partial charge on any atom is 0.414 e. The number of aromatic amines is 1. The number of carbonyl (C=O) groups excluding carboxylic acids is 7. The van der Waals surface area contributed by atoms with Gasteiger partial charge in [0.15, 0.2) is 34.6 Å². The molecule has 2 N–H and O–H groups in total. The monoisotopic (exact) mass is 1360 g/mol. The number of amides is 3. The van der Waals surface area contributed by atoms with E-state index in [0.717, 1.165) is 132 Å². The average molecular weight is 1360 g/mol. The molecule has 6 aromatic rings. The van der Waals surface area contributed by atoms with Gasteiger partial charge in [0.05, 0.1) is 34.0 Å². The van der Waals surface area contributed by atoms with E-state index < -0.39 is 5.60 Å². The number of methoxy groups -OCH3 is 4. The summed E-state index contributed by atoms with van der Waals surface area (Å²) in [5.74, 6) is 3.70. The molecule has 8 aliphatic carbocycles. The van der Waals surface area contributed by atoms with Gasteiger partial charge in [-0.2, -0.15) is 0 Å². The number of fused-ring (bicyclic) bond motifs is 5. The molecule has 4 aliphatic heterocycles. The molecule has 4 saturated heterocycles. The van der Waals surface area contributed by atoms with Gasteiger partial charge in [0, 0.05) is 123 Å². The molecule has 0 radical (unpaired) electrons. The zero-order valence-corrected chi connectivity index (χ0v) is 55.6. The van der Waals surface area contributed by atoms with E-state index in [9.17, 15) is 33.6 Å². The molecule has 5 aromatic carbocycles. The summed E-state index contributed by atoms with van der Waals surface area (Å²) in [5.41, 5.74) is 11.7. The second kappa shape index (κ2) is 26.9. The molecule has 1 aromatic heterocycles. The Kier molecular flexibility index (Phi) is 19.3. The maximum atomic E-state index is 13.9. The minimum atomic E-state index is -0.545. The number of rotatable bonds is 4. The molecule has 0 bridgehead atoms. The van der Waals surface area contributed by atoms with Crippen molar-refractivity contribution in [3.05, 3.63) is 206 Å². The van der Waals surface area contributed by atoms with Crippen LogP contribution < -0.4 is 19.5 Å². The first kappa shape index (κ1) is 71.8. The number of ketones is 4. The third-order valence-corrected chi connectivity index (χ3v) is 22.7. The Labute approximate surface area is 588 Å². The average Bonchev–Trinajstić information content (AvgIpc) is 1.54. The van der Waals surface area contributed by atoms with Crippen LogP contribution in [0.2, 0.25) is 0 Å². The zero-order chi connectivity index (χ0) is 66.8. The van der Waals surface area contributed by atoms with Crippen LogP contribution in [0.1, 0.15) is 202 Å². The molecule has 4 saturated carbocycles. The van der Waals surface area contributed by atoms with Crippen LogP contribution in [0.4, 0.5) is 9.59 Å². The summed E-state index contributed by atoms with van der Waals surface area (Å²) in [7, 11) is 6.06. The molecule has 18 rings (SSSR count). The van der Waals surface area contributed by atoms with E-state index in [4.69, 9.17) is 23.7 Å². The third-order valence-electron chi connectivity index (χ3n) is 22.7. The molecule has 8 fully saturated rings. The minimum absolute atomic E-state index is 0. The first-order valence-electron chi connectivity index (χ1n) is 34.0. The predicted molar refractivity (Wildman–Crippen MR) is 387 cm³/mol. The number of hydrogen-bond donors (Lipinski definition) is 2. The van der Waals surface area contributed by atoms with Gasteiger partial charge >= 0.3 is 12.2 Å². The van der Waals surface area contributed by atoms with Gasteiger partial charge in [-0.25, -0.2) is 9.59 Å². The fourth-order valence-electron chi connectivity index (χ4n) is 18.1. The van der Waals surface area contributed by atoms with Crippen LogP contribution in [0.5, 0.6) is 17.2 Å². The Hall–Kier alpha value is -9.51. The summed E-state index contributed by atoms with van der Waals surface area (Å²) < 4.78 is 27.1. The molecular weight excluding hydrogens is 1260 g/mol. The third kappa shape index (κ3) is 11.3. The first-order chi connectivity index (χ1) is 46.4. The van der Waals surface area contributed by atoms with E-state index in [2.05, 4.69) is 34.6 Å². The lowest BCUT2D eigenvalue weighted by Gasteiger charge is -2.34. The number of allylic oxidation sites excluding steroid dienone is 8. The molecule has 526 valence electrons. The topological polar surface area (TPSA) is 203 Å². The number of nitrogens with one attached hydrogen (secondary N) is 2. The number of H-pyrrole nitrogens is 1.